The Labute approximate surface area is 144 Å². The van der Waals surface area contributed by atoms with Crippen LogP contribution in [0, 0.1) is 6.92 Å². The molecule has 9 heteroatoms. The second-order valence-electron chi connectivity index (χ2n) is 5.01. The number of carbonyl (C=O) groups excluding carboxylic acids is 1. The molecule has 3 aromatic rings. The van der Waals surface area contributed by atoms with Crippen molar-refractivity contribution in [2.75, 3.05) is 5.32 Å². The molecule has 0 saturated carbocycles. The average Bonchev–Trinajstić information content (AvgIpc) is 2.99. The molecule has 0 aliphatic carbocycles. The van der Waals surface area contributed by atoms with Gasteiger partial charge in [0.2, 0.25) is 0 Å². The van der Waals surface area contributed by atoms with Crippen LogP contribution in [0.3, 0.4) is 0 Å². The third-order valence-electron chi connectivity index (χ3n) is 3.24. The molecular formula is C16H11F3N4OS. The first kappa shape index (κ1) is 17.0. The van der Waals surface area contributed by atoms with Crippen LogP contribution in [-0.2, 0) is 6.18 Å². The van der Waals surface area contributed by atoms with Crippen molar-refractivity contribution in [2.45, 2.75) is 13.1 Å². The molecule has 128 valence electrons. The summed E-state index contributed by atoms with van der Waals surface area (Å²) in [5.74, 6) is -0.779. The number of hydrogen-bond acceptors (Lipinski definition) is 5. The molecule has 0 aliphatic rings. The first-order valence-electron chi connectivity index (χ1n) is 7.07. The van der Waals surface area contributed by atoms with Crippen LogP contribution in [0.15, 0.2) is 42.9 Å². The van der Waals surface area contributed by atoms with Gasteiger partial charge in [-0.3, -0.25) is 4.79 Å². The molecule has 0 aliphatic heterocycles. The van der Waals surface area contributed by atoms with Gasteiger partial charge in [0, 0.05) is 11.8 Å². The molecule has 1 N–H and O–H groups in total. The molecule has 1 aromatic carbocycles. The quantitative estimate of drug-likeness (QED) is 0.757. The van der Waals surface area contributed by atoms with Gasteiger partial charge in [0.05, 0.1) is 5.01 Å². The Morgan fingerprint density at radius 3 is 2.60 bits per heavy atom. The number of anilines is 1. The van der Waals surface area contributed by atoms with Gasteiger partial charge in [-0.15, -0.1) is 11.3 Å². The van der Waals surface area contributed by atoms with E-state index in [-0.39, 0.29) is 10.8 Å². The molecule has 0 atom stereocenters. The van der Waals surface area contributed by atoms with E-state index in [4.69, 9.17) is 0 Å². The number of nitrogens with zero attached hydrogens (tertiary/aromatic N) is 3. The molecule has 0 bridgehead atoms. The van der Waals surface area contributed by atoms with Crippen molar-refractivity contribution in [3.05, 3.63) is 58.4 Å². The van der Waals surface area contributed by atoms with Crippen LogP contribution in [0.2, 0.25) is 0 Å². The third kappa shape index (κ3) is 3.66. The second kappa shape index (κ2) is 6.60. The fourth-order valence-electron chi connectivity index (χ4n) is 2.20. The van der Waals surface area contributed by atoms with Crippen LogP contribution >= 0.6 is 11.3 Å². The Bertz CT molecular complexity index is 909. The van der Waals surface area contributed by atoms with E-state index >= 15 is 0 Å². The van der Waals surface area contributed by atoms with Gasteiger partial charge in [-0.25, -0.2) is 15.0 Å². The van der Waals surface area contributed by atoms with Crippen LogP contribution in [0.25, 0.3) is 11.1 Å². The van der Waals surface area contributed by atoms with Crippen LogP contribution in [0.1, 0.15) is 20.4 Å². The summed E-state index contributed by atoms with van der Waals surface area (Å²) in [7, 11) is 0. The number of thiazole rings is 1. The molecule has 2 aromatic heterocycles. The molecule has 3 rings (SSSR count). The lowest BCUT2D eigenvalue weighted by Gasteiger charge is -2.10. The Morgan fingerprint density at radius 1 is 1.20 bits per heavy atom. The zero-order chi connectivity index (χ0) is 18.0. The van der Waals surface area contributed by atoms with Crippen molar-refractivity contribution < 1.29 is 18.0 Å². The minimum Gasteiger partial charge on any atom is -0.305 e. The van der Waals surface area contributed by atoms with Crippen LogP contribution in [-0.4, -0.2) is 20.9 Å². The summed E-state index contributed by atoms with van der Waals surface area (Å²) in [5.41, 5.74) is 0.0454. The summed E-state index contributed by atoms with van der Waals surface area (Å²) in [5, 5.41) is 2.59. The van der Waals surface area contributed by atoms with Gasteiger partial charge >= 0.3 is 6.18 Å². The van der Waals surface area contributed by atoms with Crippen molar-refractivity contribution in [1.82, 2.24) is 15.0 Å². The van der Waals surface area contributed by atoms with Gasteiger partial charge in [-0.05, 0) is 12.5 Å². The third-order valence-corrected chi connectivity index (χ3v) is 4.21. The highest BCUT2D eigenvalue weighted by Crippen LogP contribution is 2.35. The minimum atomic E-state index is -4.70. The SMILES string of the molecule is Cc1nc(C(F)(F)F)c(C(=O)Nc2ncncc2-c2ccccc2)s1. The van der Waals surface area contributed by atoms with Crippen LogP contribution in [0.4, 0.5) is 19.0 Å². The molecule has 0 fully saturated rings. The maximum absolute atomic E-state index is 13.0. The fourth-order valence-corrected chi connectivity index (χ4v) is 3.03. The summed E-state index contributed by atoms with van der Waals surface area (Å²) < 4.78 is 39.1. The minimum absolute atomic E-state index is 0.130. The zero-order valence-electron chi connectivity index (χ0n) is 12.8. The maximum Gasteiger partial charge on any atom is 0.435 e. The Morgan fingerprint density at radius 2 is 1.92 bits per heavy atom. The van der Waals surface area contributed by atoms with E-state index in [0.717, 1.165) is 5.56 Å². The molecule has 0 spiro atoms. The smallest absolute Gasteiger partial charge is 0.305 e. The Hall–Kier alpha value is -2.81. The highest BCUT2D eigenvalue weighted by atomic mass is 32.1. The number of rotatable bonds is 3. The van der Waals surface area contributed by atoms with Crippen LogP contribution in [0.5, 0.6) is 0 Å². The van der Waals surface area contributed by atoms with E-state index < -0.39 is 22.7 Å². The monoisotopic (exact) mass is 364 g/mol. The number of alkyl halides is 3. The molecule has 5 nitrogen and oxygen atoms in total. The van der Waals surface area contributed by atoms with Gasteiger partial charge < -0.3 is 5.32 Å². The van der Waals surface area contributed by atoms with Gasteiger partial charge in [0.1, 0.15) is 17.0 Å². The second-order valence-corrected chi connectivity index (χ2v) is 6.22. The average molecular weight is 364 g/mol. The lowest BCUT2D eigenvalue weighted by molar-refractivity contribution is -0.141. The Balaban J connectivity index is 1.96. The number of amides is 1. The molecule has 0 unspecified atom stereocenters. The van der Waals surface area contributed by atoms with Crippen molar-refractivity contribution in [3.8, 4) is 11.1 Å². The highest BCUT2D eigenvalue weighted by molar-refractivity contribution is 7.13. The number of aryl methyl sites for hydroxylation is 1. The standard InChI is InChI=1S/C16H11F3N4OS/c1-9-22-13(16(17,18)19)12(25-9)15(24)23-14-11(7-20-8-21-14)10-5-3-2-4-6-10/h2-8H,1H3,(H,20,21,23,24). The summed E-state index contributed by atoms with van der Waals surface area (Å²) >= 11 is 0.684. The molecule has 0 radical (unpaired) electrons. The lowest BCUT2D eigenvalue weighted by atomic mass is 10.1. The number of nitrogens with one attached hydrogen (secondary N) is 1. The van der Waals surface area contributed by atoms with Gasteiger partial charge in [0.25, 0.3) is 5.91 Å². The Kier molecular flexibility index (Phi) is 4.49. The number of halogens is 3. The topological polar surface area (TPSA) is 67.8 Å². The summed E-state index contributed by atoms with van der Waals surface area (Å²) in [6.45, 7) is 1.41. The number of aromatic nitrogens is 3. The van der Waals surface area contributed by atoms with Crippen molar-refractivity contribution >= 4 is 23.1 Å². The number of carbonyl (C=O) groups is 1. The first-order chi connectivity index (χ1) is 11.9. The van der Waals surface area contributed by atoms with Crippen molar-refractivity contribution in [3.63, 3.8) is 0 Å². The molecular weight excluding hydrogens is 353 g/mol. The van der Waals surface area contributed by atoms with E-state index in [1.807, 2.05) is 6.07 Å². The predicted molar refractivity (Wildman–Crippen MR) is 87.3 cm³/mol. The molecule has 0 saturated heterocycles. The fraction of sp³-hybridized carbons (Fsp3) is 0.125. The van der Waals surface area contributed by atoms with Gasteiger partial charge in [-0.2, -0.15) is 13.2 Å². The first-order valence-corrected chi connectivity index (χ1v) is 7.89. The normalized spacial score (nSPS) is 11.4. The molecule has 25 heavy (non-hydrogen) atoms. The largest absolute Gasteiger partial charge is 0.435 e. The zero-order valence-corrected chi connectivity index (χ0v) is 13.6. The van der Waals surface area contributed by atoms with E-state index in [2.05, 4.69) is 20.3 Å². The maximum atomic E-state index is 13.0. The predicted octanol–water partition coefficient (Wildman–Crippen LogP) is 4.18. The van der Waals surface area contributed by atoms with Crippen LogP contribution < -0.4 is 5.32 Å². The van der Waals surface area contributed by atoms with Gasteiger partial charge in [0.15, 0.2) is 5.69 Å². The van der Waals surface area contributed by atoms with Crippen molar-refractivity contribution in [1.29, 1.82) is 0 Å². The highest BCUT2D eigenvalue weighted by Gasteiger charge is 2.39. The van der Waals surface area contributed by atoms with E-state index in [1.165, 1.54) is 19.4 Å². The van der Waals surface area contributed by atoms with Crippen molar-refractivity contribution in [2.24, 2.45) is 0 Å². The molecule has 1 amide bonds. The number of benzene rings is 1. The summed E-state index contributed by atoms with van der Waals surface area (Å²) in [6, 6.07) is 8.98. The molecule has 2 heterocycles. The summed E-state index contributed by atoms with van der Waals surface area (Å²) in [4.78, 5) is 23.2. The number of hydrogen-bond donors (Lipinski definition) is 1. The lowest BCUT2D eigenvalue weighted by Crippen LogP contribution is -2.18. The van der Waals surface area contributed by atoms with Gasteiger partial charge in [-0.1, -0.05) is 30.3 Å². The summed E-state index contributed by atoms with van der Waals surface area (Å²) in [6.07, 6.45) is -2.00. The van der Waals surface area contributed by atoms with E-state index in [0.29, 0.717) is 16.9 Å². The van der Waals surface area contributed by atoms with E-state index in [9.17, 15) is 18.0 Å². The van der Waals surface area contributed by atoms with E-state index in [1.54, 1.807) is 24.3 Å².